The van der Waals surface area contributed by atoms with Crippen LogP contribution in [0, 0.1) is 6.92 Å². The Labute approximate surface area is 124 Å². The minimum atomic E-state index is 0.132. The summed E-state index contributed by atoms with van der Waals surface area (Å²) in [5.41, 5.74) is 2.55. The molecule has 1 aromatic rings. The van der Waals surface area contributed by atoms with Crippen LogP contribution in [-0.4, -0.2) is 29.8 Å². The van der Waals surface area contributed by atoms with Crippen LogP contribution in [0.15, 0.2) is 18.2 Å². The van der Waals surface area contributed by atoms with Gasteiger partial charge in [0.15, 0.2) is 0 Å². The van der Waals surface area contributed by atoms with Crippen LogP contribution in [0.4, 0.5) is 5.69 Å². The van der Waals surface area contributed by atoms with Gasteiger partial charge in [-0.2, -0.15) is 11.8 Å². The number of ether oxygens (including phenoxy) is 1. The number of aryl methyl sites for hydroxylation is 1. The predicted octanol–water partition coefficient (Wildman–Crippen LogP) is 4.12. The quantitative estimate of drug-likeness (QED) is 0.887. The molecule has 2 aliphatic rings. The molecule has 2 heterocycles. The average molecular weight is 298 g/mol. The van der Waals surface area contributed by atoms with Gasteiger partial charge in [0, 0.05) is 29.1 Å². The molecule has 0 aromatic heterocycles. The normalized spacial score (nSPS) is 30.7. The fraction of sp³-hybridized carbons (Fsp3) is 0.600. The lowest BCUT2D eigenvalue weighted by atomic mass is 9.89. The van der Waals surface area contributed by atoms with Crippen molar-refractivity contribution in [3.05, 3.63) is 28.8 Å². The van der Waals surface area contributed by atoms with Crippen molar-refractivity contribution in [3.63, 3.8) is 0 Å². The van der Waals surface area contributed by atoms with Gasteiger partial charge in [0.05, 0.1) is 5.60 Å². The molecule has 2 aliphatic heterocycles. The number of anilines is 1. The SMILES string of the molecule is Cc1ccc(Cl)cc1NC1CCOC2(CCSC2)C1. The van der Waals surface area contributed by atoms with E-state index < -0.39 is 0 Å². The van der Waals surface area contributed by atoms with Gasteiger partial charge in [0.1, 0.15) is 0 Å². The Morgan fingerprint density at radius 1 is 1.47 bits per heavy atom. The molecule has 0 bridgehead atoms. The van der Waals surface area contributed by atoms with Gasteiger partial charge in [-0.15, -0.1) is 0 Å². The molecule has 2 fully saturated rings. The van der Waals surface area contributed by atoms with Crippen LogP contribution in [0.3, 0.4) is 0 Å². The Morgan fingerprint density at radius 3 is 3.16 bits per heavy atom. The van der Waals surface area contributed by atoms with Gasteiger partial charge in [-0.1, -0.05) is 17.7 Å². The summed E-state index contributed by atoms with van der Waals surface area (Å²) in [6, 6.07) is 6.55. The van der Waals surface area contributed by atoms with Crippen LogP contribution in [0.25, 0.3) is 0 Å². The lowest BCUT2D eigenvalue weighted by molar-refractivity contribution is -0.0628. The fourth-order valence-corrected chi connectivity index (χ4v) is 4.53. The van der Waals surface area contributed by atoms with Gasteiger partial charge in [0.2, 0.25) is 0 Å². The zero-order chi connectivity index (χ0) is 13.3. The van der Waals surface area contributed by atoms with Gasteiger partial charge < -0.3 is 10.1 Å². The van der Waals surface area contributed by atoms with Gasteiger partial charge in [0.25, 0.3) is 0 Å². The number of benzene rings is 1. The average Bonchev–Trinajstić information content (AvgIpc) is 2.82. The van der Waals surface area contributed by atoms with E-state index >= 15 is 0 Å². The summed E-state index contributed by atoms with van der Waals surface area (Å²) in [4.78, 5) is 0. The minimum absolute atomic E-state index is 0.132. The molecule has 104 valence electrons. The van der Waals surface area contributed by atoms with E-state index in [1.807, 2.05) is 23.9 Å². The maximum atomic E-state index is 6.09. The second-order valence-corrected chi connectivity index (χ2v) is 7.17. The Hall–Kier alpha value is -0.380. The molecule has 0 aliphatic carbocycles. The summed E-state index contributed by atoms with van der Waals surface area (Å²) in [5, 5.41) is 4.46. The second-order valence-electron chi connectivity index (χ2n) is 5.63. The van der Waals surface area contributed by atoms with Crippen LogP contribution in [0.2, 0.25) is 5.02 Å². The maximum Gasteiger partial charge on any atom is 0.0799 e. The zero-order valence-corrected chi connectivity index (χ0v) is 12.8. The number of rotatable bonds is 2. The van der Waals surface area contributed by atoms with Crippen LogP contribution in [0.1, 0.15) is 24.8 Å². The Balaban J connectivity index is 1.70. The molecule has 2 nitrogen and oxygen atoms in total. The highest BCUT2D eigenvalue weighted by Crippen LogP contribution is 2.39. The minimum Gasteiger partial charge on any atom is -0.382 e. The van der Waals surface area contributed by atoms with E-state index in [4.69, 9.17) is 16.3 Å². The van der Waals surface area contributed by atoms with Crippen molar-refractivity contribution in [2.24, 2.45) is 0 Å². The highest BCUT2D eigenvalue weighted by Gasteiger charge is 2.40. The summed E-state index contributed by atoms with van der Waals surface area (Å²) in [7, 11) is 0. The summed E-state index contributed by atoms with van der Waals surface area (Å²) in [5.74, 6) is 2.39. The predicted molar refractivity (Wildman–Crippen MR) is 83.5 cm³/mol. The van der Waals surface area contributed by atoms with E-state index in [-0.39, 0.29) is 5.60 Å². The topological polar surface area (TPSA) is 21.3 Å². The molecule has 2 atom stereocenters. The van der Waals surface area contributed by atoms with E-state index in [2.05, 4.69) is 18.3 Å². The lowest BCUT2D eigenvalue weighted by Gasteiger charge is -2.38. The largest absolute Gasteiger partial charge is 0.382 e. The molecule has 0 saturated carbocycles. The molecule has 3 rings (SSSR count). The van der Waals surface area contributed by atoms with Crippen LogP contribution in [0.5, 0.6) is 0 Å². The molecule has 0 amide bonds. The van der Waals surface area contributed by atoms with Crippen molar-refractivity contribution >= 4 is 29.1 Å². The number of hydrogen-bond acceptors (Lipinski definition) is 3. The first-order chi connectivity index (χ1) is 9.17. The van der Waals surface area contributed by atoms with Crippen molar-refractivity contribution in [1.82, 2.24) is 0 Å². The van der Waals surface area contributed by atoms with Crippen LogP contribution < -0.4 is 5.32 Å². The Kier molecular flexibility index (Phi) is 3.97. The molecule has 2 saturated heterocycles. The third-order valence-corrected chi connectivity index (χ3v) is 5.58. The van der Waals surface area contributed by atoms with Crippen molar-refractivity contribution in [2.45, 2.75) is 37.8 Å². The Morgan fingerprint density at radius 2 is 2.37 bits per heavy atom. The van der Waals surface area contributed by atoms with Gasteiger partial charge >= 0.3 is 0 Å². The van der Waals surface area contributed by atoms with Crippen LogP contribution in [-0.2, 0) is 4.74 Å². The summed E-state index contributed by atoms with van der Waals surface area (Å²) in [6.07, 6.45) is 3.40. The summed E-state index contributed by atoms with van der Waals surface area (Å²) < 4.78 is 6.06. The first-order valence-corrected chi connectivity index (χ1v) is 8.45. The zero-order valence-electron chi connectivity index (χ0n) is 11.2. The smallest absolute Gasteiger partial charge is 0.0799 e. The molecule has 1 N–H and O–H groups in total. The van der Waals surface area contributed by atoms with E-state index in [0.29, 0.717) is 6.04 Å². The number of thioether (sulfide) groups is 1. The Bertz CT molecular complexity index is 459. The molecule has 1 spiro atoms. The third kappa shape index (κ3) is 3.04. The standard InChI is InChI=1S/C15H20ClNOS/c1-11-2-3-12(16)8-14(11)17-13-4-6-18-15(9-13)5-7-19-10-15/h2-3,8,13,17H,4-7,9-10H2,1H3. The van der Waals surface area contributed by atoms with E-state index in [1.165, 1.54) is 23.4 Å². The van der Waals surface area contributed by atoms with E-state index in [1.54, 1.807) is 0 Å². The monoisotopic (exact) mass is 297 g/mol. The number of halogens is 1. The van der Waals surface area contributed by atoms with Gasteiger partial charge in [-0.3, -0.25) is 0 Å². The molecular weight excluding hydrogens is 278 g/mol. The summed E-state index contributed by atoms with van der Waals surface area (Å²) >= 11 is 8.11. The van der Waals surface area contributed by atoms with Gasteiger partial charge in [-0.25, -0.2) is 0 Å². The molecule has 2 unspecified atom stereocenters. The molecule has 4 heteroatoms. The lowest BCUT2D eigenvalue weighted by Crippen LogP contribution is -2.44. The van der Waals surface area contributed by atoms with E-state index in [9.17, 15) is 0 Å². The van der Waals surface area contributed by atoms with Crippen molar-refractivity contribution < 1.29 is 4.74 Å². The van der Waals surface area contributed by atoms with E-state index in [0.717, 1.165) is 30.2 Å². The first-order valence-electron chi connectivity index (χ1n) is 6.91. The summed E-state index contributed by atoms with van der Waals surface area (Å²) in [6.45, 7) is 3.00. The third-order valence-electron chi connectivity index (χ3n) is 4.12. The highest BCUT2D eigenvalue weighted by atomic mass is 35.5. The maximum absolute atomic E-state index is 6.09. The molecular formula is C15H20ClNOS. The van der Waals surface area contributed by atoms with Gasteiger partial charge in [-0.05, 0) is 49.6 Å². The highest BCUT2D eigenvalue weighted by molar-refractivity contribution is 7.99. The second kappa shape index (κ2) is 5.55. The fourth-order valence-electron chi connectivity index (χ4n) is 2.98. The molecule has 0 radical (unpaired) electrons. The number of nitrogens with one attached hydrogen (secondary N) is 1. The molecule has 19 heavy (non-hydrogen) atoms. The number of hydrogen-bond donors (Lipinski definition) is 1. The van der Waals surface area contributed by atoms with Crippen LogP contribution >= 0.6 is 23.4 Å². The van der Waals surface area contributed by atoms with Crippen molar-refractivity contribution in [3.8, 4) is 0 Å². The van der Waals surface area contributed by atoms with Crippen molar-refractivity contribution in [1.29, 1.82) is 0 Å². The molecule has 1 aromatic carbocycles. The van der Waals surface area contributed by atoms with Crippen molar-refractivity contribution in [2.75, 3.05) is 23.4 Å². The first kappa shape index (κ1) is 13.6.